The highest BCUT2D eigenvalue weighted by Gasteiger charge is 2.07. The number of hydrogen-bond acceptors (Lipinski definition) is 5. The molecular weight excluding hydrogens is 346 g/mol. The van der Waals surface area contributed by atoms with Gasteiger partial charge in [0.15, 0.2) is 6.61 Å². The lowest BCUT2D eigenvalue weighted by Gasteiger charge is -2.08. The van der Waals surface area contributed by atoms with Crippen LogP contribution in [-0.4, -0.2) is 23.1 Å². The van der Waals surface area contributed by atoms with E-state index in [0.29, 0.717) is 17.0 Å². The maximum Gasteiger partial charge on any atom is 0.277 e. The fourth-order valence-corrected chi connectivity index (χ4v) is 2.53. The van der Waals surface area contributed by atoms with E-state index in [-0.39, 0.29) is 12.3 Å². The number of nitro groups is 1. The fraction of sp³-hybridized carbons (Fsp3) is 0.100. The third-order valence-electron chi connectivity index (χ3n) is 3.95. The zero-order chi connectivity index (χ0) is 19.2. The van der Waals surface area contributed by atoms with Crippen LogP contribution in [0.1, 0.15) is 12.5 Å². The van der Waals surface area contributed by atoms with Gasteiger partial charge in [0, 0.05) is 17.5 Å². The number of carbonyl (C=O) groups is 1. The Hall–Kier alpha value is -3.74. The molecule has 3 rings (SSSR count). The number of rotatable bonds is 6. The molecule has 0 aromatic heterocycles. The van der Waals surface area contributed by atoms with Gasteiger partial charge in [-0.2, -0.15) is 5.10 Å². The van der Waals surface area contributed by atoms with Gasteiger partial charge in [-0.3, -0.25) is 14.9 Å². The molecule has 136 valence electrons. The smallest absolute Gasteiger partial charge is 0.277 e. The lowest BCUT2D eigenvalue weighted by molar-refractivity contribution is -0.384. The molecule has 0 heterocycles. The third-order valence-corrected chi connectivity index (χ3v) is 3.95. The molecule has 0 atom stereocenters. The zero-order valence-electron chi connectivity index (χ0n) is 14.6. The van der Waals surface area contributed by atoms with Crippen LogP contribution in [0, 0.1) is 10.1 Å². The summed E-state index contributed by atoms with van der Waals surface area (Å²) in [7, 11) is 0. The summed E-state index contributed by atoms with van der Waals surface area (Å²) in [4.78, 5) is 22.2. The van der Waals surface area contributed by atoms with Crippen LogP contribution in [-0.2, 0) is 4.79 Å². The minimum atomic E-state index is -0.470. The monoisotopic (exact) mass is 363 g/mol. The summed E-state index contributed by atoms with van der Waals surface area (Å²) < 4.78 is 5.60. The van der Waals surface area contributed by atoms with Gasteiger partial charge >= 0.3 is 0 Å². The van der Waals surface area contributed by atoms with Crippen molar-refractivity contribution in [2.75, 3.05) is 6.61 Å². The Morgan fingerprint density at radius 2 is 1.78 bits per heavy atom. The van der Waals surface area contributed by atoms with Gasteiger partial charge in [0.05, 0.1) is 10.6 Å². The molecule has 0 unspecified atom stereocenters. The highest BCUT2D eigenvalue weighted by Crippen LogP contribution is 2.24. The average Bonchev–Trinajstić information content (AvgIpc) is 2.70. The van der Waals surface area contributed by atoms with Gasteiger partial charge in [-0.25, -0.2) is 5.43 Å². The molecule has 1 amide bonds. The van der Waals surface area contributed by atoms with Gasteiger partial charge in [-0.15, -0.1) is 0 Å². The summed E-state index contributed by atoms with van der Waals surface area (Å²) in [5.74, 6) is 0.225. The standard InChI is InChI=1S/C20H17N3O4/c1-14(15-9-11-17(12-10-15)23(25)26)21-22-20(24)13-27-19-8-4-6-16-5-2-3-7-18(16)19/h2-12H,13H2,1H3,(H,22,24). The van der Waals surface area contributed by atoms with Gasteiger partial charge in [0.25, 0.3) is 11.6 Å². The summed E-state index contributed by atoms with van der Waals surface area (Å²) in [6.07, 6.45) is 0. The van der Waals surface area contributed by atoms with Crippen molar-refractivity contribution in [2.24, 2.45) is 5.10 Å². The Bertz CT molecular complexity index is 1010. The van der Waals surface area contributed by atoms with E-state index < -0.39 is 10.8 Å². The van der Waals surface area contributed by atoms with Crippen molar-refractivity contribution < 1.29 is 14.5 Å². The molecular formula is C20H17N3O4. The second kappa shape index (κ2) is 8.09. The molecule has 27 heavy (non-hydrogen) atoms. The lowest BCUT2D eigenvalue weighted by Crippen LogP contribution is -2.25. The van der Waals surface area contributed by atoms with Crippen LogP contribution >= 0.6 is 0 Å². The molecule has 7 heteroatoms. The van der Waals surface area contributed by atoms with Crippen LogP contribution in [0.15, 0.2) is 71.8 Å². The second-order valence-corrected chi connectivity index (χ2v) is 5.80. The van der Waals surface area contributed by atoms with Gasteiger partial charge in [-0.05, 0) is 36.1 Å². The average molecular weight is 363 g/mol. The number of amides is 1. The Balaban J connectivity index is 1.60. The first kappa shape index (κ1) is 18.1. The topological polar surface area (TPSA) is 93.8 Å². The van der Waals surface area contributed by atoms with Crippen molar-refractivity contribution in [1.82, 2.24) is 5.43 Å². The second-order valence-electron chi connectivity index (χ2n) is 5.80. The van der Waals surface area contributed by atoms with E-state index in [1.165, 1.54) is 12.1 Å². The lowest BCUT2D eigenvalue weighted by atomic mass is 10.1. The summed E-state index contributed by atoms with van der Waals surface area (Å²) >= 11 is 0. The maximum absolute atomic E-state index is 12.0. The quantitative estimate of drug-likeness (QED) is 0.411. The molecule has 0 spiro atoms. The number of nitrogens with one attached hydrogen (secondary N) is 1. The number of nitrogens with zero attached hydrogens (tertiary/aromatic N) is 2. The van der Waals surface area contributed by atoms with E-state index in [9.17, 15) is 14.9 Å². The number of nitro benzene ring substituents is 1. The molecule has 0 fully saturated rings. The van der Waals surface area contributed by atoms with Crippen molar-refractivity contribution in [2.45, 2.75) is 6.92 Å². The SMILES string of the molecule is CC(=NNC(=O)COc1cccc2ccccc12)c1ccc([N+](=O)[O-])cc1. The number of hydrazone groups is 1. The first-order valence-electron chi connectivity index (χ1n) is 8.23. The van der Waals surface area contributed by atoms with Crippen LogP contribution < -0.4 is 10.2 Å². The molecule has 7 nitrogen and oxygen atoms in total. The van der Waals surface area contributed by atoms with Gasteiger partial charge in [-0.1, -0.05) is 36.4 Å². The number of non-ortho nitro benzene ring substituents is 1. The van der Waals surface area contributed by atoms with E-state index in [1.54, 1.807) is 25.1 Å². The maximum atomic E-state index is 12.0. The minimum Gasteiger partial charge on any atom is -0.483 e. The van der Waals surface area contributed by atoms with Gasteiger partial charge < -0.3 is 4.74 Å². The van der Waals surface area contributed by atoms with Crippen LogP contribution in [0.25, 0.3) is 10.8 Å². The van der Waals surface area contributed by atoms with Crippen molar-refractivity contribution in [1.29, 1.82) is 0 Å². The largest absolute Gasteiger partial charge is 0.483 e. The Morgan fingerprint density at radius 3 is 2.52 bits per heavy atom. The van der Waals surface area contributed by atoms with Gasteiger partial charge in [0.2, 0.25) is 0 Å². The molecule has 3 aromatic carbocycles. The number of hydrogen-bond donors (Lipinski definition) is 1. The highest BCUT2D eigenvalue weighted by atomic mass is 16.6. The number of fused-ring (bicyclic) bond motifs is 1. The van der Waals surface area contributed by atoms with Crippen molar-refractivity contribution in [3.05, 3.63) is 82.4 Å². The van der Waals surface area contributed by atoms with E-state index in [2.05, 4.69) is 10.5 Å². The van der Waals surface area contributed by atoms with Crippen molar-refractivity contribution in [3.63, 3.8) is 0 Å². The van der Waals surface area contributed by atoms with E-state index in [1.807, 2.05) is 36.4 Å². The highest BCUT2D eigenvalue weighted by molar-refractivity contribution is 5.99. The molecule has 0 aliphatic rings. The van der Waals surface area contributed by atoms with Crippen LogP contribution in [0.4, 0.5) is 5.69 Å². The molecule has 0 aliphatic carbocycles. The first-order valence-corrected chi connectivity index (χ1v) is 8.23. The Morgan fingerprint density at radius 1 is 1.07 bits per heavy atom. The van der Waals surface area contributed by atoms with E-state index >= 15 is 0 Å². The first-order chi connectivity index (χ1) is 13.0. The predicted molar refractivity (Wildman–Crippen MR) is 103 cm³/mol. The van der Waals surface area contributed by atoms with Crippen molar-refractivity contribution in [3.8, 4) is 5.75 Å². The van der Waals surface area contributed by atoms with E-state index in [4.69, 9.17) is 4.74 Å². The molecule has 0 bridgehead atoms. The van der Waals surface area contributed by atoms with Crippen LogP contribution in [0.2, 0.25) is 0 Å². The predicted octanol–water partition coefficient (Wildman–Crippen LogP) is 3.67. The van der Waals surface area contributed by atoms with Crippen LogP contribution in [0.5, 0.6) is 5.75 Å². The molecule has 3 aromatic rings. The van der Waals surface area contributed by atoms with Crippen LogP contribution in [0.3, 0.4) is 0 Å². The summed E-state index contributed by atoms with van der Waals surface area (Å²) in [6.45, 7) is 1.53. The Kier molecular flexibility index (Phi) is 5.41. The van der Waals surface area contributed by atoms with E-state index in [0.717, 1.165) is 10.8 Å². The fourth-order valence-electron chi connectivity index (χ4n) is 2.53. The normalized spacial score (nSPS) is 11.2. The third kappa shape index (κ3) is 4.46. The Labute approximate surface area is 155 Å². The van der Waals surface area contributed by atoms with Crippen molar-refractivity contribution >= 4 is 28.1 Å². The van der Waals surface area contributed by atoms with Gasteiger partial charge in [0.1, 0.15) is 5.75 Å². The minimum absolute atomic E-state index is 0.000858. The molecule has 0 radical (unpaired) electrons. The molecule has 0 saturated heterocycles. The number of ether oxygens (including phenoxy) is 1. The molecule has 0 saturated carbocycles. The number of carbonyl (C=O) groups excluding carboxylic acids is 1. The summed E-state index contributed by atoms with van der Waals surface area (Å²) in [5, 5.41) is 16.6. The zero-order valence-corrected chi connectivity index (χ0v) is 14.6. The number of benzene rings is 3. The molecule has 0 aliphatic heterocycles. The molecule has 1 N–H and O–H groups in total. The summed E-state index contributed by atoms with van der Waals surface area (Å²) in [6, 6.07) is 19.3. The summed E-state index contributed by atoms with van der Waals surface area (Å²) in [5.41, 5.74) is 3.63.